The van der Waals surface area contributed by atoms with Gasteiger partial charge in [0.15, 0.2) is 0 Å². The van der Waals surface area contributed by atoms with E-state index in [1.54, 1.807) is 17.1 Å². The molecule has 12 heavy (non-hydrogen) atoms. The van der Waals surface area contributed by atoms with Gasteiger partial charge in [0.25, 0.3) is 0 Å². The standard InChI is InChI=1S/C9H14N2O/c1-2-3-4-5-9(12)11-6-8(10)7-11/h2-5,8H,6-7,10H2,1H3. The highest BCUT2D eigenvalue weighted by Crippen LogP contribution is 2.05. The molecule has 3 nitrogen and oxygen atoms in total. The van der Waals surface area contributed by atoms with Crippen molar-refractivity contribution in [3.63, 3.8) is 0 Å². The number of nitrogens with zero attached hydrogens (tertiary/aromatic N) is 1. The zero-order valence-electron chi connectivity index (χ0n) is 7.23. The molecule has 1 heterocycles. The smallest absolute Gasteiger partial charge is 0.246 e. The summed E-state index contributed by atoms with van der Waals surface area (Å²) in [5.74, 6) is 0.0507. The van der Waals surface area contributed by atoms with Crippen LogP contribution in [0.3, 0.4) is 0 Å². The van der Waals surface area contributed by atoms with Crippen LogP contribution < -0.4 is 5.73 Å². The molecule has 1 fully saturated rings. The first-order valence-electron chi connectivity index (χ1n) is 4.08. The van der Waals surface area contributed by atoms with E-state index in [-0.39, 0.29) is 11.9 Å². The van der Waals surface area contributed by atoms with E-state index in [1.165, 1.54) is 0 Å². The van der Waals surface area contributed by atoms with Crippen molar-refractivity contribution >= 4 is 5.91 Å². The number of likely N-dealkylation sites (tertiary alicyclic amines) is 1. The number of amides is 1. The van der Waals surface area contributed by atoms with Crippen LogP contribution in [0.5, 0.6) is 0 Å². The fraction of sp³-hybridized carbons (Fsp3) is 0.444. The van der Waals surface area contributed by atoms with Crippen LogP contribution >= 0.6 is 0 Å². The first kappa shape index (κ1) is 9.00. The number of hydrogen-bond donors (Lipinski definition) is 1. The van der Waals surface area contributed by atoms with Crippen molar-refractivity contribution in [1.29, 1.82) is 0 Å². The van der Waals surface area contributed by atoms with Gasteiger partial charge in [-0.25, -0.2) is 0 Å². The Balaban J connectivity index is 2.29. The lowest BCUT2D eigenvalue weighted by Crippen LogP contribution is -2.57. The van der Waals surface area contributed by atoms with Crippen LogP contribution in [0.15, 0.2) is 24.3 Å². The van der Waals surface area contributed by atoms with Crippen molar-refractivity contribution in [2.24, 2.45) is 5.73 Å². The number of allylic oxidation sites excluding steroid dienone is 3. The molecular formula is C9H14N2O. The fourth-order valence-corrected chi connectivity index (χ4v) is 1.05. The van der Waals surface area contributed by atoms with Crippen LogP contribution in [0, 0.1) is 0 Å². The molecule has 66 valence electrons. The maximum absolute atomic E-state index is 11.2. The van der Waals surface area contributed by atoms with Crippen LogP contribution in [-0.2, 0) is 4.79 Å². The van der Waals surface area contributed by atoms with Gasteiger partial charge >= 0.3 is 0 Å². The van der Waals surface area contributed by atoms with Crippen LogP contribution in [-0.4, -0.2) is 29.9 Å². The lowest BCUT2D eigenvalue weighted by atomic mass is 10.1. The van der Waals surface area contributed by atoms with Gasteiger partial charge in [0, 0.05) is 25.2 Å². The lowest BCUT2D eigenvalue weighted by molar-refractivity contribution is -0.130. The van der Waals surface area contributed by atoms with Crippen LogP contribution in [0.4, 0.5) is 0 Å². The average Bonchev–Trinajstić information content (AvgIpc) is 1.99. The Morgan fingerprint density at radius 3 is 2.67 bits per heavy atom. The van der Waals surface area contributed by atoms with E-state index in [0.29, 0.717) is 13.1 Å². The molecule has 0 aromatic rings. The van der Waals surface area contributed by atoms with Gasteiger partial charge in [-0.2, -0.15) is 0 Å². The van der Waals surface area contributed by atoms with E-state index in [2.05, 4.69) is 0 Å². The minimum atomic E-state index is 0.0507. The highest BCUT2D eigenvalue weighted by Gasteiger charge is 2.25. The minimum Gasteiger partial charge on any atom is -0.336 e. The SMILES string of the molecule is CC=CC=CC(=O)N1CC(N)C1. The van der Waals surface area contributed by atoms with Gasteiger partial charge in [-0.15, -0.1) is 0 Å². The molecule has 2 N–H and O–H groups in total. The van der Waals surface area contributed by atoms with Crippen molar-refractivity contribution in [2.45, 2.75) is 13.0 Å². The van der Waals surface area contributed by atoms with Crippen LogP contribution in [0.25, 0.3) is 0 Å². The van der Waals surface area contributed by atoms with Crippen molar-refractivity contribution in [3.8, 4) is 0 Å². The molecule has 1 aliphatic heterocycles. The van der Waals surface area contributed by atoms with E-state index in [4.69, 9.17) is 5.73 Å². The minimum absolute atomic E-state index is 0.0507. The first-order valence-corrected chi connectivity index (χ1v) is 4.08. The van der Waals surface area contributed by atoms with Crippen molar-refractivity contribution in [2.75, 3.05) is 13.1 Å². The van der Waals surface area contributed by atoms with Crippen molar-refractivity contribution in [3.05, 3.63) is 24.3 Å². The largest absolute Gasteiger partial charge is 0.336 e. The lowest BCUT2D eigenvalue weighted by Gasteiger charge is -2.35. The molecule has 0 radical (unpaired) electrons. The summed E-state index contributed by atoms with van der Waals surface area (Å²) < 4.78 is 0. The molecule has 0 bridgehead atoms. The molecule has 0 unspecified atom stereocenters. The number of nitrogens with two attached hydrogens (primary N) is 1. The summed E-state index contributed by atoms with van der Waals surface area (Å²) in [4.78, 5) is 12.9. The quantitative estimate of drug-likeness (QED) is 0.473. The third-order valence-electron chi connectivity index (χ3n) is 1.76. The van der Waals surface area contributed by atoms with Gasteiger partial charge in [0.2, 0.25) is 5.91 Å². The molecule has 1 rings (SSSR count). The number of rotatable bonds is 2. The van der Waals surface area contributed by atoms with E-state index in [9.17, 15) is 4.79 Å². The summed E-state index contributed by atoms with van der Waals surface area (Å²) >= 11 is 0. The topological polar surface area (TPSA) is 46.3 Å². The molecule has 0 spiro atoms. The Bertz CT molecular complexity index is 215. The van der Waals surface area contributed by atoms with Gasteiger partial charge in [-0.1, -0.05) is 18.2 Å². The Labute approximate surface area is 72.5 Å². The zero-order valence-corrected chi connectivity index (χ0v) is 7.23. The third-order valence-corrected chi connectivity index (χ3v) is 1.76. The molecule has 0 saturated carbocycles. The second kappa shape index (κ2) is 4.07. The summed E-state index contributed by atoms with van der Waals surface area (Å²) in [6.45, 7) is 3.30. The third kappa shape index (κ3) is 2.20. The second-order valence-corrected chi connectivity index (χ2v) is 2.89. The van der Waals surface area contributed by atoms with E-state index in [1.807, 2.05) is 19.1 Å². The van der Waals surface area contributed by atoms with Gasteiger partial charge < -0.3 is 10.6 Å². The van der Waals surface area contributed by atoms with Crippen LogP contribution in [0.1, 0.15) is 6.92 Å². The first-order chi connectivity index (χ1) is 5.74. The number of carbonyl (C=O) groups is 1. The van der Waals surface area contributed by atoms with E-state index >= 15 is 0 Å². The summed E-state index contributed by atoms with van der Waals surface area (Å²) in [6.07, 6.45) is 7.02. The summed E-state index contributed by atoms with van der Waals surface area (Å²) in [6, 6.07) is 0.184. The van der Waals surface area contributed by atoms with E-state index < -0.39 is 0 Å². The Hall–Kier alpha value is -1.09. The number of carbonyl (C=O) groups excluding carboxylic acids is 1. The van der Waals surface area contributed by atoms with Gasteiger partial charge in [-0.3, -0.25) is 4.79 Å². The highest BCUT2D eigenvalue weighted by molar-refractivity contribution is 5.88. The zero-order chi connectivity index (χ0) is 8.97. The molecule has 1 saturated heterocycles. The summed E-state index contributed by atoms with van der Waals surface area (Å²) in [5.41, 5.74) is 5.53. The van der Waals surface area contributed by atoms with E-state index in [0.717, 1.165) is 0 Å². The fourth-order valence-electron chi connectivity index (χ4n) is 1.05. The van der Waals surface area contributed by atoms with Gasteiger partial charge in [-0.05, 0) is 6.92 Å². The average molecular weight is 166 g/mol. The number of hydrogen-bond acceptors (Lipinski definition) is 2. The molecule has 1 aliphatic rings. The second-order valence-electron chi connectivity index (χ2n) is 2.89. The Morgan fingerprint density at radius 1 is 1.50 bits per heavy atom. The normalized spacial score (nSPS) is 19.0. The molecule has 0 aromatic heterocycles. The summed E-state index contributed by atoms with van der Waals surface area (Å²) in [7, 11) is 0. The molecule has 1 amide bonds. The van der Waals surface area contributed by atoms with Gasteiger partial charge in [0.1, 0.15) is 0 Å². The molecule has 0 aliphatic carbocycles. The molecule has 3 heteroatoms. The van der Waals surface area contributed by atoms with Crippen molar-refractivity contribution < 1.29 is 4.79 Å². The van der Waals surface area contributed by atoms with Gasteiger partial charge in [0.05, 0.1) is 0 Å². The molecule has 0 atom stereocenters. The predicted octanol–water partition coefficient (Wildman–Crippen LogP) is 0.288. The molecule has 0 aromatic carbocycles. The van der Waals surface area contributed by atoms with Crippen molar-refractivity contribution in [1.82, 2.24) is 4.90 Å². The maximum Gasteiger partial charge on any atom is 0.246 e. The molecular weight excluding hydrogens is 152 g/mol. The Morgan fingerprint density at radius 2 is 2.17 bits per heavy atom. The highest BCUT2D eigenvalue weighted by atomic mass is 16.2. The predicted molar refractivity (Wildman–Crippen MR) is 48.5 cm³/mol. The summed E-state index contributed by atoms with van der Waals surface area (Å²) in [5, 5.41) is 0. The monoisotopic (exact) mass is 166 g/mol. The Kier molecular flexibility index (Phi) is 3.05. The van der Waals surface area contributed by atoms with Crippen LogP contribution in [0.2, 0.25) is 0 Å². The maximum atomic E-state index is 11.2.